The first-order valence-corrected chi connectivity index (χ1v) is 10.8. The molecular weight excluding hydrogens is 444 g/mol. The fourth-order valence-corrected chi connectivity index (χ4v) is 3.44. The first-order chi connectivity index (χ1) is 15.7. The van der Waals surface area contributed by atoms with Crippen LogP contribution in [0.15, 0.2) is 48.7 Å². The summed E-state index contributed by atoms with van der Waals surface area (Å²) in [5.74, 6) is 1.17. The maximum Gasteiger partial charge on any atom is 0.335 e. The van der Waals surface area contributed by atoms with Crippen LogP contribution in [0.3, 0.4) is 0 Å². The number of anilines is 1. The molecule has 3 aromatic rings. The summed E-state index contributed by atoms with van der Waals surface area (Å²) in [6.45, 7) is 6.40. The average molecular weight is 469 g/mol. The minimum Gasteiger partial charge on any atom is -0.457 e. The highest BCUT2D eigenvalue weighted by molar-refractivity contribution is 7.51. The Kier molecular flexibility index (Phi) is 7.39. The molecule has 0 saturated heterocycles. The molecule has 0 radical (unpaired) electrons. The van der Waals surface area contributed by atoms with Crippen molar-refractivity contribution in [3.63, 3.8) is 0 Å². The molecule has 1 N–H and O–H groups in total. The van der Waals surface area contributed by atoms with Gasteiger partial charge in [0.15, 0.2) is 5.82 Å². The van der Waals surface area contributed by atoms with Crippen LogP contribution in [0.2, 0.25) is 0 Å². The molecule has 10 heteroatoms. The number of nitrogens with one attached hydrogen (secondary N) is 1. The number of ether oxygens (including phenoxy) is 1. The van der Waals surface area contributed by atoms with E-state index in [1.54, 1.807) is 41.0 Å². The summed E-state index contributed by atoms with van der Waals surface area (Å²) < 4.78 is 24.3. The monoisotopic (exact) mass is 468 g/mol. The van der Waals surface area contributed by atoms with E-state index < -0.39 is 11.6 Å². The molecular formula is C23H24N4O5S. The number of aromatic nitrogens is 2. The number of rotatable bonds is 5. The number of amides is 2. The number of benzene rings is 2. The van der Waals surface area contributed by atoms with Crippen LogP contribution in [-0.4, -0.2) is 41.0 Å². The fraction of sp³-hybridized carbons (Fsp3) is 0.261. The van der Waals surface area contributed by atoms with Crippen molar-refractivity contribution in [2.24, 2.45) is 7.05 Å². The van der Waals surface area contributed by atoms with Crippen LogP contribution in [0.25, 0.3) is 0 Å². The molecule has 2 amide bonds. The molecule has 0 unspecified atom stereocenters. The van der Waals surface area contributed by atoms with Gasteiger partial charge in [-0.05, 0) is 45.0 Å². The third kappa shape index (κ3) is 5.53. The fourth-order valence-electron chi connectivity index (χ4n) is 3.44. The Morgan fingerprint density at radius 2 is 1.82 bits per heavy atom. The molecule has 9 nitrogen and oxygen atoms in total. The van der Waals surface area contributed by atoms with E-state index in [0.717, 1.165) is 11.1 Å². The van der Waals surface area contributed by atoms with Crippen LogP contribution < -0.4 is 10.1 Å². The predicted octanol–water partition coefficient (Wildman–Crippen LogP) is 3.47. The third-order valence-corrected chi connectivity index (χ3v) is 5.12. The topological polar surface area (TPSA) is 111 Å². The molecule has 33 heavy (non-hydrogen) atoms. The molecule has 1 aliphatic heterocycles. The van der Waals surface area contributed by atoms with E-state index in [0.29, 0.717) is 35.0 Å². The lowest BCUT2D eigenvalue weighted by atomic mass is 10.0. The van der Waals surface area contributed by atoms with Gasteiger partial charge in [0, 0.05) is 42.0 Å². The van der Waals surface area contributed by atoms with Gasteiger partial charge in [0.1, 0.15) is 11.5 Å². The van der Waals surface area contributed by atoms with Crippen LogP contribution in [-0.2, 0) is 25.2 Å². The summed E-state index contributed by atoms with van der Waals surface area (Å²) in [6.07, 6.45) is 1.74. The summed E-state index contributed by atoms with van der Waals surface area (Å²) in [6, 6.07) is 12.7. The second-order valence-electron chi connectivity index (χ2n) is 7.84. The van der Waals surface area contributed by atoms with Gasteiger partial charge in [-0.15, -0.1) is 0 Å². The molecule has 0 spiro atoms. The largest absolute Gasteiger partial charge is 0.457 e. The van der Waals surface area contributed by atoms with Crippen LogP contribution in [0.4, 0.5) is 5.82 Å². The van der Waals surface area contributed by atoms with Crippen molar-refractivity contribution < 1.29 is 22.7 Å². The molecule has 172 valence electrons. The van der Waals surface area contributed by atoms with E-state index >= 15 is 0 Å². The van der Waals surface area contributed by atoms with Crippen molar-refractivity contribution >= 4 is 29.2 Å². The Morgan fingerprint density at radius 3 is 2.39 bits per heavy atom. The van der Waals surface area contributed by atoms with E-state index in [1.807, 2.05) is 45.0 Å². The summed E-state index contributed by atoms with van der Waals surface area (Å²) in [5, 5.41) is 6.94. The second kappa shape index (κ2) is 10.2. The lowest BCUT2D eigenvalue weighted by Crippen LogP contribution is -2.30. The van der Waals surface area contributed by atoms with Crippen LogP contribution >= 0.6 is 0 Å². The maximum absolute atomic E-state index is 12.9. The summed E-state index contributed by atoms with van der Waals surface area (Å²) in [7, 11) is 1.78. The first-order valence-electron chi connectivity index (χ1n) is 10.2. The molecule has 0 aliphatic carbocycles. The van der Waals surface area contributed by atoms with E-state index in [1.165, 1.54) is 0 Å². The second-order valence-corrected chi connectivity index (χ2v) is 7.98. The molecule has 0 atom stereocenters. The zero-order chi connectivity index (χ0) is 24.1. The van der Waals surface area contributed by atoms with Gasteiger partial charge >= 0.3 is 11.6 Å². The van der Waals surface area contributed by atoms with Crippen molar-refractivity contribution in [2.75, 3.05) is 5.32 Å². The molecule has 0 bridgehead atoms. The number of hydrogen-bond donors (Lipinski definition) is 1. The van der Waals surface area contributed by atoms with Gasteiger partial charge < -0.3 is 15.0 Å². The molecule has 2 heterocycles. The van der Waals surface area contributed by atoms with E-state index in [-0.39, 0.29) is 17.9 Å². The molecule has 0 fully saturated rings. The average Bonchev–Trinajstić information content (AvgIpc) is 3.33. The molecule has 1 aromatic heterocycles. The normalized spacial score (nSPS) is 12.2. The number of carbonyl (C=O) groups is 2. The highest BCUT2D eigenvalue weighted by atomic mass is 32.1. The Hall–Kier alpha value is -3.79. The number of nitrogens with zero attached hydrogens (tertiary/aromatic N) is 3. The zero-order valence-electron chi connectivity index (χ0n) is 18.7. The van der Waals surface area contributed by atoms with Gasteiger partial charge in [-0.1, -0.05) is 17.7 Å². The van der Waals surface area contributed by atoms with Gasteiger partial charge in [-0.3, -0.25) is 14.3 Å². The minimum absolute atomic E-state index is 0.0444. The molecule has 4 rings (SSSR count). The maximum atomic E-state index is 12.9. The van der Waals surface area contributed by atoms with Gasteiger partial charge in [-0.25, -0.2) is 0 Å². The first kappa shape index (κ1) is 23.9. The SMILES string of the molecule is Cc1ccc(Oc2cc(C(=O)Nc3ccn(C)n3)cc3c2CN(C(C)C)C3=O)cc1.O=S=O. The van der Waals surface area contributed by atoms with Crippen molar-refractivity contribution in [1.82, 2.24) is 14.7 Å². The summed E-state index contributed by atoms with van der Waals surface area (Å²) >= 11 is -0.750. The van der Waals surface area contributed by atoms with Gasteiger partial charge in [0.05, 0.1) is 6.54 Å². The standard InChI is InChI=1S/C23H24N4O3.O2S/c1-14(2)27-13-19-18(23(27)29)11-16(22(28)24-21-9-10-26(4)25-21)12-20(19)30-17-7-5-15(3)6-8-17;1-3-2/h5-12,14H,13H2,1-4H3,(H,24,25,28);. The van der Waals surface area contributed by atoms with Crippen LogP contribution in [0.1, 0.15) is 45.7 Å². The van der Waals surface area contributed by atoms with Crippen molar-refractivity contribution in [3.05, 3.63) is 70.9 Å². The van der Waals surface area contributed by atoms with Gasteiger partial charge in [-0.2, -0.15) is 13.5 Å². The molecule has 2 aromatic carbocycles. The Balaban J connectivity index is 0.000000968. The summed E-state index contributed by atoms with van der Waals surface area (Å²) in [4.78, 5) is 27.6. The van der Waals surface area contributed by atoms with Gasteiger partial charge in [0.25, 0.3) is 11.8 Å². The number of fused-ring (bicyclic) bond motifs is 1. The Labute approximate surface area is 195 Å². The minimum atomic E-state index is -0.750. The van der Waals surface area contributed by atoms with E-state index in [4.69, 9.17) is 13.2 Å². The van der Waals surface area contributed by atoms with Crippen molar-refractivity contribution in [3.8, 4) is 11.5 Å². The lowest BCUT2D eigenvalue weighted by Gasteiger charge is -2.20. The predicted molar refractivity (Wildman–Crippen MR) is 123 cm³/mol. The number of aryl methyl sites for hydroxylation is 2. The highest BCUT2D eigenvalue weighted by Gasteiger charge is 2.33. The molecule has 1 aliphatic rings. The molecule has 0 saturated carbocycles. The Bertz CT molecular complexity index is 1210. The lowest BCUT2D eigenvalue weighted by molar-refractivity contribution is 0.0730. The zero-order valence-corrected chi connectivity index (χ0v) is 19.5. The highest BCUT2D eigenvalue weighted by Crippen LogP contribution is 2.36. The van der Waals surface area contributed by atoms with Crippen molar-refractivity contribution in [2.45, 2.75) is 33.4 Å². The number of carbonyl (C=O) groups excluding carboxylic acids is 2. The number of hydrogen-bond acceptors (Lipinski definition) is 6. The quantitative estimate of drug-likeness (QED) is 0.614. The van der Waals surface area contributed by atoms with Gasteiger partial charge in [0.2, 0.25) is 0 Å². The summed E-state index contributed by atoms with van der Waals surface area (Å²) in [5.41, 5.74) is 2.76. The van der Waals surface area contributed by atoms with Crippen molar-refractivity contribution in [1.29, 1.82) is 0 Å². The smallest absolute Gasteiger partial charge is 0.335 e. The van der Waals surface area contributed by atoms with Crippen LogP contribution in [0, 0.1) is 6.92 Å². The van der Waals surface area contributed by atoms with E-state index in [2.05, 4.69) is 10.4 Å². The third-order valence-electron chi connectivity index (χ3n) is 5.12. The van der Waals surface area contributed by atoms with E-state index in [9.17, 15) is 9.59 Å². The Morgan fingerprint density at radius 1 is 1.15 bits per heavy atom. The van der Waals surface area contributed by atoms with Crippen LogP contribution in [0.5, 0.6) is 11.5 Å².